The van der Waals surface area contributed by atoms with Crippen LogP contribution < -0.4 is 9.47 Å². The van der Waals surface area contributed by atoms with E-state index in [0.717, 1.165) is 24.8 Å². The molecule has 5 rings (SSSR count). The fourth-order valence-electron chi connectivity index (χ4n) is 4.31. The molecular formula is C25H26N2O5S. The molecule has 1 atom stereocenters. The van der Waals surface area contributed by atoms with Crippen molar-refractivity contribution < 1.29 is 23.5 Å². The molecule has 2 aliphatic rings. The van der Waals surface area contributed by atoms with E-state index in [4.69, 9.17) is 13.9 Å². The van der Waals surface area contributed by atoms with Crippen LogP contribution in [-0.2, 0) is 11.2 Å². The Morgan fingerprint density at radius 2 is 1.97 bits per heavy atom. The van der Waals surface area contributed by atoms with Gasteiger partial charge in [0.15, 0.2) is 17.3 Å². The van der Waals surface area contributed by atoms with E-state index in [-0.39, 0.29) is 36.2 Å². The summed E-state index contributed by atoms with van der Waals surface area (Å²) in [6.45, 7) is 0.944. The van der Waals surface area contributed by atoms with Gasteiger partial charge in [-0.05, 0) is 60.5 Å². The Balaban J connectivity index is 1.35. The molecule has 1 aliphatic heterocycles. The molecular weight excluding hydrogens is 440 g/mol. The molecule has 0 radical (unpaired) electrons. The highest BCUT2D eigenvalue weighted by molar-refractivity contribution is 7.10. The Morgan fingerprint density at radius 1 is 1.15 bits per heavy atom. The van der Waals surface area contributed by atoms with Gasteiger partial charge in [-0.2, -0.15) is 0 Å². The SMILES string of the molecule is COc1ccccc1OC[C@@H]1c2ccsc2CCN1C(=O)CN(C(=O)c1ccco1)C1CC1. The molecule has 0 unspecified atom stereocenters. The lowest BCUT2D eigenvalue weighted by Crippen LogP contribution is -2.48. The number of fused-ring (bicyclic) bond motifs is 1. The number of carbonyl (C=O) groups excluding carboxylic acids is 2. The summed E-state index contributed by atoms with van der Waals surface area (Å²) in [5, 5.41) is 2.06. The molecule has 1 saturated carbocycles. The van der Waals surface area contributed by atoms with Crippen molar-refractivity contribution in [3.05, 3.63) is 70.3 Å². The number of furan rings is 1. The van der Waals surface area contributed by atoms with Crippen molar-refractivity contribution >= 4 is 23.2 Å². The zero-order valence-corrected chi connectivity index (χ0v) is 19.3. The standard InChI is InChI=1S/C25H26N2O5S/c1-30-20-5-2-3-6-21(20)32-16-19-18-11-14-33-23(18)10-12-26(19)24(28)15-27(17-8-9-17)25(29)22-7-4-13-31-22/h2-7,11,13-14,17,19H,8-10,12,15-16H2,1H3/t19-/m1/s1. The van der Waals surface area contributed by atoms with Gasteiger partial charge in [-0.3, -0.25) is 9.59 Å². The van der Waals surface area contributed by atoms with Gasteiger partial charge < -0.3 is 23.7 Å². The topological polar surface area (TPSA) is 72.2 Å². The second kappa shape index (κ2) is 9.31. The summed E-state index contributed by atoms with van der Waals surface area (Å²) in [4.78, 5) is 31.3. The summed E-state index contributed by atoms with van der Waals surface area (Å²) in [5.41, 5.74) is 1.12. The summed E-state index contributed by atoms with van der Waals surface area (Å²) in [7, 11) is 1.61. The first-order valence-corrected chi connectivity index (χ1v) is 12.0. The molecule has 7 nitrogen and oxygen atoms in total. The number of rotatable bonds is 8. The first-order valence-electron chi connectivity index (χ1n) is 11.1. The van der Waals surface area contributed by atoms with Crippen molar-refractivity contribution in [2.24, 2.45) is 0 Å². The zero-order chi connectivity index (χ0) is 22.8. The number of ether oxygens (including phenoxy) is 2. The van der Waals surface area contributed by atoms with Crippen LogP contribution in [-0.4, -0.2) is 54.5 Å². The number of methoxy groups -OCH3 is 1. The molecule has 2 aromatic heterocycles. The second-order valence-electron chi connectivity index (χ2n) is 8.26. The molecule has 1 aliphatic carbocycles. The normalized spacial score (nSPS) is 17.4. The van der Waals surface area contributed by atoms with Gasteiger partial charge in [0, 0.05) is 17.5 Å². The first-order chi connectivity index (χ1) is 16.2. The number of para-hydroxylation sites is 2. The van der Waals surface area contributed by atoms with E-state index in [1.165, 1.54) is 11.1 Å². The van der Waals surface area contributed by atoms with Crippen LogP contribution in [0.3, 0.4) is 0 Å². The maximum atomic E-state index is 13.5. The smallest absolute Gasteiger partial charge is 0.290 e. The van der Waals surface area contributed by atoms with Gasteiger partial charge in [0.2, 0.25) is 5.91 Å². The number of thiophene rings is 1. The number of amides is 2. The van der Waals surface area contributed by atoms with Gasteiger partial charge in [-0.1, -0.05) is 12.1 Å². The van der Waals surface area contributed by atoms with Crippen molar-refractivity contribution in [2.75, 3.05) is 26.8 Å². The van der Waals surface area contributed by atoms with Crippen LogP contribution in [0.5, 0.6) is 11.5 Å². The fraction of sp³-hybridized carbons (Fsp3) is 0.360. The summed E-state index contributed by atoms with van der Waals surface area (Å²) >= 11 is 1.71. The molecule has 8 heteroatoms. The fourth-order valence-corrected chi connectivity index (χ4v) is 5.24. The van der Waals surface area contributed by atoms with Crippen LogP contribution in [0.15, 0.2) is 58.5 Å². The lowest BCUT2D eigenvalue weighted by molar-refractivity contribution is -0.135. The van der Waals surface area contributed by atoms with Crippen molar-refractivity contribution in [1.82, 2.24) is 9.80 Å². The molecule has 2 amide bonds. The average molecular weight is 467 g/mol. The Hall–Kier alpha value is -3.26. The van der Waals surface area contributed by atoms with Crippen molar-refractivity contribution in [3.63, 3.8) is 0 Å². The van der Waals surface area contributed by atoms with Crippen LogP contribution >= 0.6 is 11.3 Å². The predicted octanol–water partition coefficient (Wildman–Crippen LogP) is 4.16. The maximum Gasteiger partial charge on any atom is 0.290 e. The van der Waals surface area contributed by atoms with Gasteiger partial charge >= 0.3 is 0 Å². The van der Waals surface area contributed by atoms with Crippen molar-refractivity contribution in [3.8, 4) is 11.5 Å². The van der Waals surface area contributed by atoms with Crippen LogP contribution in [0.1, 0.15) is 39.9 Å². The number of nitrogens with zero attached hydrogens (tertiary/aromatic N) is 2. The van der Waals surface area contributed by atoms with E-state index in [1.807, 2.05) is 29.2 Å². The lowest BCUT2D eigenvalue weighted by Gasteiger charge is -2.37. The first kappa shape index (κ1) is 21.6. The number of benzene rings is 1. The Labute approximate surface area is 196 Å². The van der Waals surface area contributed by atoms with Crippen LogP contribution in [0.25, 0.3) is 0 Å². The molecule has 33 heavy (non-hydrogen) atoms. The molecule has 0 saturated heterocycles. The molecule has 1 fully saturated rings. The number of hydrogen-bond acceptors (Lipinski definition) is 6. The minimum atomic E-state index is -0.231. The lowest BCUT2D eigenvalue weighted by atomic mass is 10.0. The molecule has 0 spiro atoms. The molecule has 3 heterocycles. The summed E-state index contributed by atoms with van der Waals surface area (Å²) < 4.78 is 16.8. The third-order valence-electron chi connectivity index (χ3n) is 6.17. The highest BCUT2D eigenvalue weighted by atomic mass is 32.1. The number of hydrogen-bond donors (Lipinski definition) is 0. The van der Waals surface area contributed by atoms with Crippen molar-refractivity contribution in [1.29, 1.82) is 0 Å². The van der Waals surface area contributed by atoms with Gasteiger partial charge in [0.05, 0.1) is 19.4 Å². The third kappa shape index (κ3) is 4.48. The largest absolute Gasteiger partial charge is 0.493 e. The predicted molar refractivity (Wildman–Crippen MR) is 124 cm³/mol. The zero-order valence-electron chi connectivity index (χ0n) is 18.4. The van der Waals surface area contributed by atoms with Gasteiger partial charge in [0.1, 0.15) is 13.2 Å². The highest BCUT2D eigenvalue weighted by Crippen LogP contribution is 2.36. The molecule has 3 aromatic rings. The summed E-state index contributed by atoms with van der Waals surface area (Å²) in [6, 6.07) is 12.8. The molecule has 1 aromatic carbocycles. The molecule has 0 N–H and O–H groups in total. The Bertz CT molecular complexity index is 1120. The van der Waals surface area contributed by atoms with Crippen LogP contribution in [0.2, 0.25) is 0 Å². The minimum Gasteiger partial charge on any atom is -0.493 e. The number of carbonyl (C=O) groups is 2. The molecule has 0 bridgehead atoms. The second-order valence-corrected chi connectivity index (χ2v) is 9.26. The van der Waals surface area contributed by atoms with E-state index in [1.54, 1.807) is 35.5 Å². The Kier molecular flexibility index (Phi) is 6.09. The maximum absolute atomic E-state index is 13.5. The third-order valence-corrected chi connectivity index (χ3v) is 7.16. The van der Waals surface area contributed by atoms with Crippen LogP contribution in [0, 0.1) is 0 Å². The van der Waals surface area contributed by atoms with E-state index in [2.05, 4.69) is 11.4 Å². The summed E-state index contributed by atoms with van der Waals surface area (Å²) in [5.74, 6) is 1.26. The van der Waals surface area contributed by atoms with Gasteiger partial charge in [0.25, 0.3) is 5.91 Å². The van der Waals surface area contributed by atoms with Crippen molar-refractivity contribution in [2.45, 2.75) is 31.3 Å². The van der Waals surface area contributed by atoms with E-state index < -0.39 is 0 Å². The minimum absolute atomic E-state index is 0.0365. The quantitative estimate of drug-likeness (QED) is 0.499. The highest BCUT2D eigenvalue weighted by Gasteiger charge is 2.38. The van der Waals surface area contributed by atoms with Gasteiger partial charge in [-0.15, -0.1) is 11.3 Å². The average Bonchev–Trinajstić information content (AvgIpc) is 3.32. The van der Waals surface area contributed by atoms with Gasteiger partial charge in [-0.25, -0.2) is 0 Å². The van der Waals surface area contributed by atoms with E-state index in [9.17, 15) is 9.59 Å². The molecule has 172 valence electrons. The van der Waals surface area contributed by atoms with Crippen LogP contribution in [0.4, 0.5) is 0 Å². The Morgan fingerprint density at radius 3 is 2.70 bits per heavy atom. The van der Waals surface area contributed by atoms with E-state index >= 15 is 0 Å². The summed E-state index contributed by atoms with van der Waals surface area (Å²) in [6.07, 6.45) is 4.11. The monoisotopic (exact) mass is 466 g/mol. The van der Waals surface area contributed by atoms with E-state index in [0.29, 0.717) is 24.7 Å².